The van der Waals surface area contributed by atoms with Crippen LogP contribution in [0.3, 0.4) is 0 Å². The van der Waals surface area contributed by atoms with Crippen molar-refractivity contribution >= 4 is 11.8 Å². The van der Waals surface area contributed by atoms with Crippen LogP contribution in [-0.4, -0.2) is 27.3 Å². The molecule has 0 spiro atoms. The number of hydrogen-bond donors (Lipinski definition) is 1. The lowest BCUT2D eigenvalue weighted by molar-refractivity contribution is 0.233. The van der Waals surface area contributed by atoms with Gasteiger partial charge in [0.2, 0.25) is 5.88 Å². The molecule has 124 valence electrons. The second kappa shape index (κ2) is 7.05. The average Bonchev–Trinajstić information content (AvgIpc) is 2.99. The normalized spacial score (nSPS) is 11.0. The van der Waals surface area contributed by atoms with E-state index in [1.165, 1.54) is 23.9 Å². The predicted molar refractivity (Wildman–Crippen MR) is 94.8 cm³/mol. The van der Waals surface area contributed by atoms with E-state index in [2.05, 4.69) is 15.0 Å². The number of thioether (sulfide) groups is 1. The number of benzene rings is 1. The summed E-state index contributed by atoms with van der Waals surface area (Å²) in [6.45, 7) is 3.91. The Morgan fingerprint density at radius 3 is 2.54 bits per heavy atom. The minimum Gasteiger partial charge on any atom is -0.475 e. The maximum atomic E-state index is 13.2. The Morgan fingerprint density at radius 2 is 1.88 bits per heavy atom. The largest absolute Gasteiger partial charge is 0.475 e. The summed E-state index contributed by atoms with van der Waals surface area (Å²) < 4.78 is 18.9. The van der Waals surface area contributed by atoms with Gasteiger partial charge in [0.1, 0.15) is 5.82 Å². The van der Waals surface area contributed by atoms with Crippen LogP contribution in [0.15, 0.2) is 47.8 Å². The lowest BCUT2D eigenvalue weighted by Crippen LogP contribution is -2.06. The molecule has 0 aliphatic carbocycles. The zero-order valence-corrected chi connectivity index (χ0v) is 14.5. The molecule has 1 N–H and O–H groups in total. The zero-order valence-electron chi connectivity index (χ0n) is 13.7. The fraction of sp³-hybridized carbons (Fsp3) is 0.222. The number of ether oxygens (including phenoxy) is 1. The van der Waals surface area contributed by atoms with Crippen molar-refractivity contribution in [2.24, 2.45) is 0 Å². The number of nitrogens with one attached hydrogen (secondary N) is 1. The van der Waals surface area contributed by atoms with Gasteiger partial charge >= 0.3 is 0 Å². The molecule has 6 heteroatoms. The van der Waals surface area contributed by atoms with Gasteiger partial charge in [0.05, 0.1) is 17.5 Å². The van der Waals surface area contributed by atoms with E-state index in [-0.39, 0.29) is 11.9 Å². The van der Waals surface area contributed by atoms with E-state index < -0.39 is 0 Å². The second-order valence-corrected chi connectivity index (χ2v) is 6.32. The van der Waals surface area contributed by atoms with E-state index >= 15 is 0 Å². The van der Waals surface area contributed by atoms with E-state index in [1.54, 1.807) is 18.3 Å². The highest BCUT2D eigenvalue weighted by atomic mass is 32.2. The third kappa shape index (κ3) is 3.59. The summed E-state index contributed by atoms with van der Waals surface area (Å²) in [5.74, 6) is 0.294. The van der Waals surface area contributed by atoms with E-state index in [4.69, 9.17) is 4.74 Å². The van der Waals surface area contributed by atoms with Gasteiger partial charge in [-0.1, -0.05) is 11.8 Å². The Hall–Kier alpha value is -2.34. The summed E-state index contributed by atoms with van der Waals surface area (Å²) in [5.41, 5.74) is 3.42. The number of halogens is 1. The topological polar surface area (TPSA) is 50.8 Å². The molecule has 1 aromatic carbocycles. The molecular formula is C18H18FN3OS. The smallest absolute Gasteiger partial charge is 0.214 e. The molecule has 0 fully saturated rings. The molecule has 4 nitrogen and oxygen atoms in total. The molecule has 0 aliphatic rings. The van der Waals surface area contributed by atoms with Crippen LogP contribution in [0, 0.1) is 5.82 Å². The predicted octanol–water partition coefficient (Wildman–Crippen LogP) is 4.79. The first-order chi connectivity index (χ1) is 11.6. The van der Waals surface area contributed by atoms with E-state index in [9.17, 15) is 4.39 Å². The van der Waals surface area contributed by atoms with Crippen LogP contribution in [0.2, 0.25) is 0 Å². The summed E-state index contributed by atoms with van der Waals surface area (Å²) in [5, 5.41) is 0.799. The third-order valence-corrected chi connectivity index (χ3v) is 3.95. The molecule has 0 bridgehead atoms. The first-order valence-electron chi connectivity index (χ1n) is 7.60. The molecule has 0 saturated carbocycles. The number of nitrogens with zero attached hydrogens (tertiary/aromatic N) is 2. The molecule has 3 rings (SSSR count). The van der Waals surface area contributed by atoms with Gasteiger partial charge in [0.15, 0.2) is 5.16 Å². The van der Waals surface area contributed by atoms with Crippen LogP contribution in [-0.2, 0) is 0 Å². The first-order valence-corrected chi connectivity index (χ1v) is 8.82. The molecule has 0 atom stereocenters. The van der Waals surface area contributed by atoms with Crippen molar-refractivity contribution in [3.63, 3.8) is 0 Å². The molecule has 3 aromatic rings. The Morgan fingerprint density at radius 1 is 1.12 bits per heavy atom. The molecule has 0 unspecified atom stereocenters. The molecule has 2 heterocycles. The third-order valence-electron chi connectivity index (χ3n) is 3.37. The molecule has 24 heavy (non-hydrogen) atoms. The van der Waals surface area contributed by atoms with Gasteiger partial charge in [-0.2, -0.15) is 0 Å². The van der Waals surface area contributed by atoms with Crippen LogP contribution >= 0.6 is 11.8 Å². The minimum absolute atomic E-state index is 0.0465. The number of rotatable bonds is 5. The Labute approximate surface area is 144 Å². The zero-order chi connectivity index (χ0) is 17.1. The first kappa shape index (κ1) is 16.5. The van der Waals surface area contributed by atoms with Crippen molar-refractivity contribution in [1.29, 1.82) is 0 Å². The van der Waals surface area contributed by atoms with Gasteiger partial charge in [-0.25, -0.2) is 14.4 Å². The van der Waals surface area contributed by atoms with Gasteiger partial charge in [0, 0.05) is 23.4 Å². The Balaban J connectivity index is 2.07. The van der Waals surface area contributed by atoms with Crippen molar-refractivity contribution in [3.8, 4) is 28.4 Å². The highest BCUT2D eigenvalue weighted by Gasteiger charge is 2.15. The van der Waals surface area contributed by atoms with Crippen LogP contribution < -0.4 is 4.74 Å². The van der Waals surface area contributed by atoms with Crippen molar-refractivity contribution in [2.45, 2.75) is 25.1 Å². The maximum Gasteiger partial charge on any atom is 0.214 e. The summed E-state index contributed by atoms with van der Waals surface area (Å²) in [6, 6.07) is 10.1. The lowest BCUT2D eigenvalue weighted by atomic mass is 10.1. The molecule has 0 saturated heterocycles. The molecule has 0 radical (unpaired) electrons. The van der Waals surface area contributed by atoms with Crippen LogP contribution in [0.1, 0.15) is 13.8 Å². The summed E-state index contributed by atoms with van der Waals surface area (Å²) in [7, 11) is 0. The van der Waals surface area contributed by atoms with Crippen LogP contribution in [0.25, 0.3) is 22.5 Å². The maximum absolute atomic E-state index is 13.2. The fourth-order valence-corrected chi connectivity index (χ4v) is 2.73. The van der Waals surface area contributed by atoms with E-state index in [0.29, 0.717) is 5.88 Å². The minimum atomic E-state index is -0.263. The van der Waals surface area contributed by atoms with Crippen molar-refractivity contribution in [1.82, 2.24) is 15.0 Å². The summed E-state index contributed by atoms with van der Waals surface area (Å²) in [4.78, 5) is 12.2. The number of hydrogen-bond acceptors (Lipinski definition) is 4. The van der Waals surface area contributed by atoms with E-state index in [1.807, 2.05) is 32.2 Å². The van der Waals surface area contributed by atoms with Crippen molar-refractivity contribution < 1.29 is 9.13 Å². The highest BCUT2D eigenvalue weighted by molar-refractivity contribution is 7.98. The lowest BCUT2D eigenvalue weighted by Gasteiger charge is -2.09. The Bertz CT molecular complexity index is 831. The Kier molecular flexibility index (Phi) is 4.85. The number of pyridine rings is 1. The van der Waals surface area contributed by atoms with Crippen molar-refractivity contribution in [2.75, 3.05) is 6.26 Å². The SMILES string of the molecule is CSc1nc(-c2ccnc(OC(C)C)c2)c(-c2ccc(F)cc2)[nH]1. The number of H-pyrrole nitrogens is 1. The van der Waals surface area contributed by atoms with Crippen LogP contribution in [0.5, 0.6) is 5.88 Å². The standard InChI is InChI=1S/C18H18FN3OS/c1-11(2)23-15-10-13(8-9-20-15)17-16(21-18(22-17)24-3)12-4-6-14(19)7-5-12/h4-11H,1-3H3,(H,21,22). The number of aromatic amines is 1. The van der Waals surface area contributed by atoms with E-state index in [0.717, 1.165) is 27.7 Å². The van der Waals surface area contributed by atoms with Crippen LogP contribution in [0.4, 0.5) is 4.39 Å². The summed E-state index contributed by atoms with van der Waals surface area (Å²) in [6.07, 6.45) is 3.71. The number of aromatic nitrogens is 3. The molecular weight excluding hydrogens is 325 g/mol. The average molecular weight is 343 g/mol. The van der Waals surface area contributed by atoms with Gasteiger partial charge in [-0.05, 0) is 50.4 Å². The van der Waals surface area contributed by atoms with Gasteiger partial charge in [-0.15, -0.1) is 0 Å². The fourth-order valence-electron chi connectivity index (χ4n) is 2.35. The van der Waals surface area contributed by atoms with Crippen molar-refractivity contribution in [3.05, 3.63) is 48.4 Å². The molecule has 2 aromatic heterocycles. The number of imidazole rings is 1. The second-order valence-electron chi connectivity index (χ2n) is 5.53. The highest BCUT2D eigenvalue weighted by Crippen LogP contribution is 2.33. The monoisotopic (exact) mass is 343 g/mol. The quantitative estimate of drug-likeness (QED) is 0.677. The van der Waals surface area contributed by atoms with Gasteiger partial charge in [0.25, 0.3) is 0 Å². The molecule has 0 aliphatic heterocycles. The molecule has 0 amide bonds. The van der Waals surface area contributed by atoms with Gasteiger partial charge in [-0.3, -0.25) is 0 Å². The van der Waals surface area contributed by atoms with Gasteiger partial charge < -0.3 is 9.72 Å². The summed E-state index contributed by atoms with van der Waals surface area (Å²) >= 11 is 1.52.